The Morgan fingerprint density at radius 2 is 1.86 bits per heavy atom. The number of carbonyl (C=O) groups is 2. The molecule has 5 heteroatoms. The fraction of sp³-hybridized carbons (Fsp3) is 0.235. The number of aryl methyl sites for hydroxylation is 2. The summed E-state index contributed by atoms with van der Waals surface area (Å²) in [6, 6.07) is 10.8. The molecule has 0 saturated heterocycles. The monoisotopic (exact) mass is 295 g/mol. The predicted octanol–water partition coefficient (Wildman–Crippen LogP) is 2.82. The first-order valence-corrected chi connectivity index (χ1v) is 6.90. The highest BCUT2D eigenvalue weighted by molar-refractivity contribution is 5.97. The van der Waals surface area contributed by atoms with Crippen molar-refractivity contribution in [3.8, 4) is 6.07 Å². The lowest BCUT2D eigenvalue weighted by Gasteiger charge is -2.08. The largest absolute Gasteiger partial charge is 0.329 e. The molecule has 0 atom stereocenters. The van der Waals surface area contributed by atoms with E-state index in [2.05, 4.69) is 11.4 Å². The zero-order valence-corrected chi connectivity index (χ0v) is 12.8. The number of aromatic nitrogens is 1. The minimum absolute atomic E-state index is 0.0791. The number of hydrogen-bond donors (Lipinski definition) is 1. The Balaban J connectivity index is 2.20. The molecule has 1 aromatic carbocycles. The van der Waals surface area contributed by atoms with Crippen molar-refractivity contribution in [1.82, 2.24) is 4.57 Å². The van der Waals surface area contributed by atoms with E-state index in [9.17, 15) is 14.9 Å². The second-order valence-corrected chi connectivity index (χ2v) is 5.20. The Hall–Kier alpha value is -2.87. The van der Waals surface area contributed by atoms with Crippen LogP contribution in [0.1, 0.15) is 34.2 Å². The molecule has 0 spiro atoms. The zero-order valence-electron chi connectivity index (χ0n) is 12.8. The van der Waals surface area contributed by atoms with Gasteiger partial charge in [0.05, 0.1) is 6.54 Å². The van der Waals surface area contributed by atoms with Crippen LogP contribution >= 0.6 is 0 Å². The summed E-state index contributed by atoms with van der Waals surface area (Å²) in [6.07, 6.45) is 0. The van der Waals surface area contributed by atoms with E-state index < -0.39 is 0 Å². The molecule has 22 heavy (non-hydrogen) atoms. The van der Waals surface area contributed by atoms with Crippen molar-refractivity contribution >= 4 is 17.4 Å². The van der Waals surface area contributed by atoms with Gasteiger partial charge >= 0.3 is 0 Å². The summed E-state index contributed by atoms with van der Waals surface area (Å²) in [7, 11) is 0. The quantitative estimate of drug-likeness (QED) is 0.881. The van der Waals surface area contributed by atoms with Crippen LogP contribution in [0.4, 0.5) is 5.69 Å². The van der Waals surface area contributed by atoms with Gasteiger partial charge in [0.2, 0.25) is 5.91 Å². The maximum atomic E-state index is 12.4. The summed E-state index contributed by atoms with van der Waals surface area (Å²) < 4.78 is 1.72. The van der Waals surface area contributed by atoms with Crippen molar-refractivity contribution in [1.29, 1.82) is 5.26 Å². The van der Waals surface area contributed by atoms with Gasteiger partial charge in [0.25, 0.3) is 0 Å². The average molecular weight is 295 g/mol. The normalized spacial score (nSPS) is 10.1. The molecule has 0 aliphatic carbocycles. The number of nitriles is 1. The molecule has 1 N–H and O–H groups in total. The van der Waals surface area contributed by atoms with Gasteiger partial charge in [-0.1, -0.05) is 0 Å². The smallest absolute Gasteiger partial charge is 0.221 e. The van der Waals surface area contributed by atoms with Crippen LogP contribution in [0.15, 0.2) is 30.3 Å². The second kappa shape index (κ2) is 6.27. The van der Waals surface area contributed by atoms with Crippen LogP contribution in [0.3, 0.4) is 0 Å². The van der Waals surface area contributed by atoms with Crippen LogP contribution in [-0.4, -0.2) is 16.3 Å². The summed E-state index contributed by atoms with van der Waals surface area (Å²) >= 11 is 0. The van der Waals surface area contributed by atoms with Crippen molar-refractivity contribution in [2.24, 2.45) is 0 Å². The molecule has 2 aromatic rings. The van der Waals surface area contributed by atoms with E-state index in [0.717, 1.165) is 11.3 Å². The summed E-state index contributed by atoms with van der Waals surface area (Å²) in [5, 5.41) is 11.8. The van der Waals surface area contributed by atoms with Crippen LogP contribution in [0.25, 0.3) is 0 Å². The maximum absolute atomic E-state index is 12.4. The van der Waals surface area contributed by atoms with E-state index in [0.29, 0.717) is 16.9 Å². The lowest BCUT2D eigenvalue weighted by Crippen LogP contribution is -2.13. The van der Waals surface area contributed by atoms with Gasteiger partial charge in [-0.2, -0.15) is 5.26 Å². The fourth-order valence-electron chi connectivity index (χ4n) is 2.38. The molecule has 0 saturated carbocycles. The lowest BCUT2D eigenvalue weighted by molar-refractivity contribution is -0.114. The van der Waals surface area contributed by atoms with Crippen molar-refractivity contribution in [3.05, 3.63) is 52.8 Å². The minimum Gasteiger partial charge on any atom is -0.329 e. The van der Waals surface area contributed by atoms with Gasteiger partial charge in [-0.15, -0.1) is 0 Å². The molecule has 1 amide bonds. The van der Waals surface area contributed by atoms with E-state index in [1.54, 1.807) is 28.8 Å². The van der Waals surface area contributed by atoms with E-state index in [1.807, 2.05) is 19.9 Å². The average Bonchev–Trinajstić information content (AvgIpc) is 2.72. The van der Waals surface area contributed by atoms with Gasteiger partial charge in [0, 0.05) is 23.9 Å². The molecule has 5 nitrogen and oxygen atoms in total. The summed E-state index contributed by atoms with van der Waals surface area (Å²) in [5.41, 5.74) is 3.46. The lowest BCUT2D eigenvalue weighted by atomic mass is 10.1. The molecule has 1 heterocycles. The van der Waals surface area contributed by atoms with Gasteiger partial charge in [0.1, 0.15) is 11.8 Å². The molecule has 0 aliphatic rings. The number of Topliss-reactive ketones (excluding diaryl/α,β-unsaturated/α-hetero) is 1. The molecule has 1 aromatic heterocycles. The van der Waals surface area contributed by atoms with Gasteiger partial charge < -0.3 is 9.88 Å². The van der Waals surface area contributed by atoms with Gasteiger partial charge in [0.15, 0.2) is 5.78 Å². The molecular weight excluding hydrogens is 278 g/mol. The number of benzene rings is 1. The molecular formula is C17H17N3O2. The highest BCUT2D eigenvalue weighted by atomic mass is 16.1. The summed E-state index contributed by atoms with van der Waals surface area (Å²) in [5.74, 6) is -0.235. The molecule has 0 unspecified atom stereocenters. The van der Waals surface area contributed by atoms with E-state index in [-0.39, 0.29) is 18.2 Å². The Bertz CT molecular complexity index is 764. The first-order valence-electron chi connectivity index (χ1n) is 6.90. The van der Waals surface area contributed by atoms with Crippen molar-refractivity contribution in [3.63, 3.8) is 0 Å². The first kappa shape index (κ1) is 15.5. The third-order valence-electron chi connectivity index (χ3n) is 3.43. The van der Waals surface area contributed by atoms with E-state index in [4.69, 9.17) is 0 Å². The fourth-order valence-corrected chi connectivity index (χ4v) is 2.38. The van der Waals surface area contributed by atoms with Crippen molar-refractivity contribution < 1.29 is 9.59 Å². The summed E-state index contributed by atoms with van der Waals surface area (Å²) in [4.78, 5) is 23.3. The molecule has 112 valence electrons. The third kappa shape index (κ3) is 3.23. The number of nitrogens with one attached hydrogen (secondary N) is 1. The zero-order chi connectivity index (χ0) is 16.3. The van der Waals surface area contributed by atoms with Crippen LogP contribution in [0.5, 0.6) is 0 Å². The molecule has 2 rings (SSSR count). The van der Waals surface area contributed by atoms with Crippen LogP contribution in [-0.2, 0) is 11.3 Å². The van der Waals surface area contributed by atoms with E-state index >= 15 is 0 Å². The number of ketones is 1. The number of rotatable bonds is 4. The van der Waals surface area contributed by atoms with Crippen LogP contribution < -0.4 is 5.32 Å². The van der Waals surface area contributed by atoms with Crippen LogP contribution in [0.2, 0.25) is 0 Å². The van der Waals surface area contributed by atoms with Crippen molar-refractivity contribution in [2.75, 3.05) is 5.32 Å². The topological polar surface area (TPSA) is 74.9 Å². The second-order valence-electron chi connectivity index (χ2n) is 5.20. The number of hydrogen-bond acceptors (Lipinski definition) is 3. The molecule has 0 fully saturated rings. The Morgan fingerprint density at radius 3 is 2.41 bits per heavy atom. The first-order chi connectivity index (χ1) is 10.4. The number of carbonyl (C=O) groups excluding carboxylic acids is 2. The SMILES string of the molecule is CC(=O)Nc1ccc(C(=O)Cn2c(C)cc(C)c2C#N)cc1. The number of amides is 1. The Labute approximate surface area is 129 Å². The Morgan fingerprint density at radius 1 is 1.23 bits per heavy atom. The van der Waals surface area contributed by atoms with Crippen LogP contribution in [0, 0.1) is 25.2 Å². The highest BCUT2D eigenvalue weighted by Gasteiger charge is 2.14. The maximum Gasteiger partial charge on any atom is 0.221 e. The number of anilines is 1. The molecule has 0 bridgehead atoms. The molecule has 0 radical (unpaired) electrons. The minimum atomic E-state index is -0.156. The standard InChI is InChI=1S/C17H17N3O2/c1-11-8-12(2)20(16(11)9-18)10-17(22)14-4-6-15(7-5-14)19-13(3)21/h4-8H,10H2,1-3H3,(H,19,21). The van der Waals surface area contributed by atoms with Gasteiger partial charge in [-0.25, -0.2) is 0 Å². The number of nitrogens with zero attached hydrogens (tertiary/aromatic N) is 2. The Kier molecular flexibility index (Phi) is 4.42. The highest BCUT2D eigenvalue weighted by Crippen LogP contribution is 2.16. The van der Waals surface area contributed by atoms with Gasteiger partial charge in [-0.3, -0.25) is 9.59 Å². The molecule has 0 aliphatic heterocycles. The summed E-state index contributed by atoms with van der Waals surface area (Å²) in [6.45, 7) is 5.29. The van der Waals surface area contributed by atoms with Crippen molar-refractivity contribution in [2.45, 2.75) is 27.3 Å². The van der Waals surface area contributed by atoms with E-state index in [1.165, 1.54) is 6.92 Å². The predicted molar refractivity (Wildman–Crippen MR) is 83.7 cm³/mol. The van der Waals surface area contributed by atoms with Gasteiger partial charge in [-0.05, 0) is 49.7 Å². The third-order valence-corrected chi connectivity index (χ3v) is 3.43.